The highest BCUT2D eigenvalue weighted by Crippen LogP contribution is 2.16. The van der Waals surface area contributed by atoms with Crippen molar-refractivity contribution in [2.24, 2.45) is 0 Å². The first-order chi connectivity index (χ1) is 19.1. The van der Waals surface area contributed by atoms with Crippen LogP contribution >= 0.6 is 0 Å². The van der Waals surface area contributed by atoms with Crippen molar-refractivity contribution >= 4 is 30.3 Å². The maximum Gasteiger partial charge on any atom is 0.410 e. The summed E-state index contributed by atoms with van der Waals surface area (Å²) in [5, 5.41) is 2.39. The van der Waals surface area contributed by atoms with E-state index in [0.717, 1.165) is 25.5 Å². The van der Waals surface area contributed by atoms with Gasteiger partial charge in [0.2, 0.25) is 5.91 Å². The number of alkyl carbamates (subject to hydrolysis) is 1. The summed E-state index contributed by atoms with van der Waals surface area (Å²) in [6, 6.07) is -1.01. The summed E-state index contributed by atoms with van der Waals surface area (Å²) in [4.78, 5) is 61.0. The number of nitrogens with zero attached hydrogens (tertiary/aromatic N) is 2. The standard InChI is InChI=1S/C18H33NO4.C12H20N2O4/c1-7-9-10-11-12-13-14-15(16(20)22-8-2)19(6)17(21)23-18(3,4)5;1-12(2,3)18-11(17)13-7-10(16)14-6-4-5-9(14)8-15/h12-13,15H,7-11,14H2,1-6H3;8-9H,4-7H2,1-3H3,(H,13,17)/b13-12-;. The number of esters is 1. The number of carbonyl (C=O) groups excluding carboxylic acids is 5. The Hall–Kier alpha value is -3.11. The quantitative estimate of drug-likeness (QED) is 0.111. The van der Waals surface area contributed by atoms with Crippen molar-refractivity contribution in [1.29, 1.82) is 0 Å². The Kier molecular flexibility index (Phi) is 17.6. The molecule has 1 saturated heterocycles. The van der Waals surface area contributed by atoms with Crippen LogP contribution in [0.15, 0.2) is 12.2 Å². The van der Waals surface area contributed by atoms with E-state index in [1.54, 1.807) is 55.5 Å². The average Bonchev–Trinajstić information content (AvgIpc) is 3.34. The van der Waals surface area contributed by atoms with E-state index in [2.05, 4.69) is 18.3 Å². The molecule has 11 nitrogen and oxygen atoms in total. The third kappa shape index (κ3) is 17.3. The highest BCUT2D eigenvalue weighted by atomic mass is 16.6. The minimum atomic E-state index is -0.660. The Bertz CT molecular complexity index is 861. The normalized spacial score (nSPS) is 15.8. The fourth-order valence-electron chi connectivity index (χ4n) is 3.77. The van der Waals surface area contributed by atoms with E-state index in [-0.39, 0.29) is 25.1 Å². The highest BCUT2D eigenvalue weighted by Gasteiger charge is 2.31. The number of likely N-dealkylation sites (tertiary alicyclic amines) is 1. The van der Waals surface area contributed by atoms with E-state index in [9.17, 15) is 24.0 Å². The van der Waals surface area contributed by atoms with Gasteiger partial charge in [0.15, 0.2) is 0 Å². The molecule has 0 aromatic carbocycles. The van der Waals surface area contributed by atoms with Gasteiger partial charge in [-0.3, -0.25) is 9.69 Å². The van der Waals surface area contributed by atoms with Crippen molar-refractivity contribution in [1.82, 2.24) is 15.1 Å². The van der Waals surface area contributed by atoms with Crippen molar-refractivity contribution in [3.63, 3.8) is 0 Å². The van der Waals surface area contributed by atoms with Crippen LogP contribution in [-0.2, 0) is 28.6 Å². The molecule has 0 bridgehead atoms. The van der Waals surface area contributed by atoms with E-state index < -0.39 is 35.4 Å². The summed E-state index contributed by atoms with van der Waals surface area (Å²) < 4.78 is 15.4. The first-order valence-electron chi connectivity index (χ1n) is 14.5. The molecule has 0 aromatic heterocycles. The van der Waals surface area contributed by atoms with E-state index in [1.165, 1.54) is 22.6 Å². The van der Waals surface area contributed by atoms with Crippen LogP contribution in [0.25, 0.3) is 0 Å². The SMILES string of the molecule is CC(C)(C)OC(=O)NCC(=O)N1CCCC1C=O.CCCCC/C=C\CC(C(=O)OCC)N(C)C(=O)OC(C)(C)C. The zero-order chi connectivity index (χ0) is 31.6. The molecular weight excluding hydrogens is 530 g/mol. The maximum absolute atomic E-state index is 12.2. The van der Waals surface area contributed by atoms with E-state index in [1.807, 2.05) is 6.08 Å². The number of likely N-dealkylation sites (N-methyl/N-ethyl adjacent to an activating group) is 1. The summed E-state index contributed by atoms with van der Waals surface area (Å²) >= 11 is 0. The number of ether oxygens (including phenoxy) is 3. The second-order valence-corrected chi connectivity index (χ2v) is 11.9. The number of rotatable bonds is 12. The lowest BCUT2D eigenvalue weighted by Crippen LogP contribution is -2.45. The van der Waals surface area contributed by atoms with Crippen LogP contribution in [0.4, 0.5) is 9.59 Å². The van der Waals surface area contributed by atoms with Gasteiger partial charge in [0.25, 0.3) is 0 Å². The Morgan fingerprint density at radius 2 is 1.63 bits per heavy atom. The number of allylic oxidation sites excluding steroid dienone is 1. The van der Waals surface area contributed by atoms with Gasteiger partial charge in [0, 0.05) is 13.6 Å². The number of carbonyl (C=O) groups is 5. The number of aldehydes is 1. The Balaban J connectivity index is 0.000000802. The molecule has 41 heavy (non-hydrogen) atoms. The van der Waals surface area contributed by atoms with Crippen molar-refractivity contribution in [3.8, 4) is 0 Å². The summed E-state index contributed by atoms with van der Waals surface area (Å²) in [5.74, 6) is -0.658. The molecule has 1 fully saturated rings. The van der Waals surface area contributed by atoms with Crippen LogP contribution in [0, 0.1) is 0 Å². The van der Waals surface area contributed by atoms with Gasteiger partial charge in [0.1, 0.15) is 30.1 Å². The summed E-state index contributed by atoms with van der Waals surface area (Å²) in [7, 11) is 1.57. The van der Waals surface area contributed by atoms with Crippen LogP contribution in [0.2, 0.25) is 0 Å². The van der Waals surface area contributed by atoms with Gasteiger partial charge in [-0.25, -0.2) is 14.4 Å². The largest absolute Gasteiger partial charge is 0.464 e. The third-order valence-electron chi connectivity index (χ3n) is 5.77. The number of nitrogens with one attached hydrogen (secondary N) is 1. The highest BCUT2D eigenvalue weighted by molar-refractivity contribution is 5.85. The van der Waals surface area contributed by atoms with Crippen LogP contribution in [0.1, 0.15) is 100 Å². The van der Waals surface area contributed by atoms with Crippen LogP contribution in [0.5, 0.6) is 0 Å². The molecule has 1 heterocycles. The lowest BCUT2D eigenvalue weighted by atomic mass is 10.1. The monoisotopic (exact) mass is 583 g/mol. The summed E-state index contributed by atoms with van der Waals surface area (Å²) in [5.41, 5.74) is -1.19. The molecule has 0 spiro atoms. The minimum Gasteiger partial charge on any atom is -0.464 e. The second-order valence-electron chi connectivity index (χ2n) is 11.9. The smallest absolute Gasteiger partial charge is 0.410 e. The maximum atomic E-state index is 12.2. The molecule has 2 unspecified atom stereocenters. The zero-order valence-electron chi connectivity index (χ0n) is 26.6. The Morgan fingerprint density at radius 1 is 1.00 bits per heavy atom. The van der Waals surface area contributed by atoms with Gasteiger partial charge < -0.3 is 29.2 Å². The first kappa shape index (κ1) is 37.9. The van der Waals surface area contributed by atoms with E-state index in [4.69, 9.17) is 14.2 Å². The van der Waals surface area contributed by atoms with E-state index in [0.29, 0.717) is 19.4 Å². The summed E-state index contributed by atoms with van der Waals surface area (Å²) in [6.07, 6.45) is 10.1. The molecule has 1 aliphatic heterocycles. The lowest BCUT2D eigenvalue weighted by Gasteiger charge is -2.29. The molecular formula is C30H53N3O8. The fourth-order valence-corrected chi connectivity index (χ4v) is 3.77. The number of unbranched alkanes of at least 4 members (excludes halogenated alkanes) is 3. The molecule has 0 radical (unpaired) electrons. The number of hydrogen-bond donors (Lipinski definition) is 1. The Morgan fingerprint density at radius 3 is 2.17 bits per heavy atom. The molecule has 11 heteroatoms. The van der Waals surface area contributed by atoms with E-state index >= 15 is 0 Å². The Labute approximate surface area is 246 Å². The van der Waals surface area contributed by atoms with Crippen molar-refractivity contribution in [2.75, 3.05) is 26.7 Å². The third-order valence-corrected chi connectivity index (χ3v) is 5.77. The molecule has 0 aliphatic carbocycles. The predicted octanol–water partition coefficient (Wildman–Crippen LogP) is 5.01. The second kappa shape index (κ2) is 19.1. The zero-order valence-corrected chi connectivity index (χ0v) is 26.6. The van der Waals surface area contributed by atoms with Crippen molar-refractivity contribution in [2.45, 2.75) is 124 Å². The topological polar surface area (TPSA) is 132 Å². The molecule has 1 N–H and O–H groups in total. The van der Waals surface area contributed by atoms with Crippen molar-refractivity contribution in [3.05, 3.63) is 12.2 Å². The molecule has 2 atom stereocenters. The van der Waals surface area contributed by atoms with Gasteiger partial charge in [-0.15, -0.1) is 0 Å². The molecule has 3 amide bonds. The predicted molar refractivity (Wildman–Crippen MR) is 157 cm³/mol. The average molecular weight is 584 g/mol. The molecule has 0 saturated carbocycles. The molecule has 1 rings (SSSR count). The summed E-state index contributed by atoms with van der Waals surface area (Å²) in [6.45, 7) is 15.3. The number of hydrogen-bond acceptors (Lipinski definition) is 8. The van der Waals surface area contributed by atoms with Gasteiger partial charge in [0.05, 0.1) is 12.6 Å². The fraction of sp³-hybridized carbons (Fsp3) is 0.767. The van der Waals surface area contributed by atoms with Crippen molar-refractivity contribution < 1.29 is 38.2 Å². The van der Waals surface area contributed by atoms with Gasteiger partial charge in [-0.05, 0) is 80.6 Å². The molecule has 236 valence electrons. The molecule has 0 aromatic rings. The van der Waals surface area contributed by atoms with Gasteiger partial charge >= 0.3 is 18.2 Å². The number of amides is 3. The minimum absolute atomic E-state index is 0.140. The lowest BCUT2D eigenvalue weighted by molar-refractivity contribution is -0.148. The van der Waals surface area contributed by atoms with Crippen LogP contribution in [0.3, 0.4) is 0 Å². The van der Waals surface area contributed by atoms with Crippen LogP contribution in [-0.4, -0.2) is 90.2 Å². The molecule has 1 aliphatic rings. The van der Waals surface area contributed by atoms with Crippen LogP contribution < -0.4 is 5.32 Å². The van der Waals surface area contributed by atoms with Gasteiger partial charge in [-0.2, -0.15) is 0 Å². The van der Waals surface area contributed by atoms with Gasteiger partial charge in [-0.1, -0.05) is 31.9 Å². The first-order valence-corrected chi connectivity index (χ1v) is 14.5.